The second-order valence-electron chi connectivity index (χ2n) is 11.6. The van der Waals surface area contributed by atoms with Crippen molar-refractivity contribution in [2.24, 2.45) is 4.99 Å². The Morgan fingerprint density at radius 1 is 0.854 bits per heavy atom. The number of aromatic amines is 2. The fourth-order valence-electron chi connectivity index (χ4n) is 5.14. The minimum Gasteiger partial charge on any atom is -0.493 e. The third kappa shape index (κ3) is 5.91. The number of rotatable bonds is 7. The van der Waals surface area contributed by atoms with E-state index >= 15 is 0 Å². The first-order valence-corrected chi connectivity index (χ1v) is 15.4. The van der Waals surface area contributed by atoms with Crippen molar-refractivity contribution >= 4 is 29.5 Å². The Morgan fingerprint density at radius 3 is 2.15 bits per heavy atom. The number of H-pyrrole nitrogens is 2. The average molecular weight is 641 g/mol. The lowest BCUT2D eigenvalue weighted by Gasteiger charge is -2.10. The molecular weight excluding hydrogens is 612 g/mol. The molecule has 0 aromatic carbocycles. The van der Waals surface area contributed by atoms with Gasteiger partial charge in [-0.1, -0.05) is 0 Å². The molecule has 9 rings (SSSR count). The zero-order chi connectivity index (χ0) is 32.6. The Balaban J connectivity index is 0.000000145. The normalized spacial score (nSPS) is 15.1. The number of imidazole rings is 1. The van der Waals surface area contributed by atoms with Crippen LogP contribution in [-0.2, 0) is 0 Å². The molecule has 238 valence electrons. The first-order chi connectivity index (χ1) is 23.5. The molecule has 0 atom stereocenters. The lowest BCUT2D eigenvalue weighted by Crippen LogP contribution is -2.19. The molecule has 0 aliphatic heterocycles. The molecule has 0 unspecified atom stereocenters. The Bertz CT molecular complexity index is 2460. The lowest BCUT2D eigenvalue weighted by atomic mass is 10.2. The van der Waals surface area contributed by atoms with Crippen LogP contribution in [0.15, 0.2) is 83.4 Å². The van der Waals surface area contributed by atoms with Gasteiger partial charge in [0.1, 0.15) is 11.5 Å². The maximum absolute atomic E-state index is 11.4. The van der Waals surface area contributed by atoms with E-state index in [1.165, 1.54) is 0 Å². The van der Waals surface area contributed by atoms with Crippen LogP contribution in [0.3, 0.4) is 0 Å². The van der Waals surface area contributed by atoms with Crippen LogP contribution >= 0.6 is 0 Å². The molecule has 2 aliphatic rings. The molecule has 4 N–H and O–H groups in total. The Hall–Kier alpha value is -6.51. The summed E-state index contributed by atoms with van der Waals surface area (Å²) in [5.41, 5.74) is 5.60. The van der Waals surface area contributed by atoms with Crippen LogP contribution in [0.1, 0.15) is 41.7 Å². The maximum atomic E-state index is 11.4. The van der Waals surface area contributed by atoms with Crippen LogP contribution in [0.5, 0.6) is 5.88 Å². The van der Waals surface area contributed by atoms with Gasteiger partial charge in [-0.2, -0.15) is 19.2 Å². The highest BCUT2D eigenvalue weighted by molar-refractivity contribution is 5.85. The third-order valence-electron chi connectivity index (χ3n) is 7.88. The molecule has 0 radical (unpaired) electrons. The van der Waals surface area contributed by atoms with E-state index in [0.717, 1.165) is 65.8 Å². The van der Waals surface area contributed by atoms with E-state index in [-0.39, 0.29) is 11.6 Å². The quantitative estimate of drug-likeness (QED) is 0.188. The number of hydrogen-bond donors (Lipinski definition) is 4. The van der Waals surface area contributed by atoms with Crippen LogP contribution < -0.4 is 21.7 Å². The molecule has 48 heavy (non-hydrogen) atoms. The van der Waals surface area contributed by atoms with E-state index in [9.17, 15) is 14.7 Å². The van der Waals surface area contributed by atoms with E-state index in [2.05, 4.69) is 40.4 Å². The van der Waals surface area contributed by atoms with Gasteiger partial charge in [-0.05, 0) is 56.0 Å². The molecule has 2 aliphatic carbocycles. The van der Waals surface area contributed by atoms with Crippen molar-refractivity contribution in [3.63, 3.8) is 0 Å². The van der Waals surface area contributed by atoms with Gasteiger partial charge >= 0.3 is 5.69 Å². The molecular formula is C33H28N12O3. The standard InChI is InChI=1S/C18H15N7O2.C15H13N5O/c26-17-14(23-18(27)24-17)7-11-9-20-25-15(21-12-1-2-12)8-13(22-16(11)25)10-3-5-19-6-4-10;21-9-11-8-17-20-14(18-12-1-2-12)7-13(19-15(11)20)10-3-5-16-6-4-10/h3-9,12,26H,1-2H2,(H2,23,24,27);3-9,12,18H,1-2H2. The Labute approximate surface area is 270 Å². The van der Waals surface area contributed by atoms with Crippen molar-refractivity contribution in [1.82, 2.24) is 49.1 Å². The summed E-state index contributed by atoms with van der Waals surface area (Å²) in [6, 6.07) is 12.2. The lowest BCUT2D eigenvalue weighted by molar-refractivity contribution is 0.112. The van der Waals surface area contributed by atoms with Gasteiger partial charge in [0.05, 0.1) is 35.4 Å². The van der Waals surface area contributed by atoms with E-state index in [1.54, 1.807) is 52.3 Å². The van der Waals surface area contributed by atoms with Gasteiger partial charge in [0, 0.05) is 59.3 Å². The summed E-state index contributed by atoms with van der Waals surface area (Å²) in [4.78, 5) is 49.5. The van der Waals surface area contributed by atoms with Crippen molar-refractivity contribution in [2.45, 2.75) is 37.8 Å². The van der Waals surface area contributed by atoms with Crippen molar-refractivity contribution in [2.75, 3.05) is 5.32 Å². The zero-order valence-electron chi connectivity index (χ0n) is 25.4. The summed E-state index contributed by atoms with van der Waals surface area (Å²) in [7, 11) is 0. The summed E-state index contributed by atoms with van der Waals surface area (Å²) < 4.78 is 3.36. The third-order valence-corrected chi connectivity index (χ3v) is 7.88. The van der Waals surface area contributed by atoms with Gasteiger partial charge in [-0.3, -0.25) is 24.7 Å². The summed E-state index contributed by atoms with van der Waals surface area (Å²) in [6.45, 7) is 0. The fourth-order valence-corrected chi connectivity index (χ4v) is 5.14. The first-order valence-electron chi connectivity index (χ1n) is 15.4. The fraction of sp³-hybridized carbons (Fsp3) is 0.182. The Morgan fingerprint density at radius 2 is 1.52 bits per heavy atom. The van der Waals surface area contributed by atoms with Gasteiger partial charge in [-0.15, -0.1) is 0 Å². The molecule has 2 fully saturated rings. The number of pyridine rings is 2. The van der Waals surface area contributed by atoms with Crippen LogP contribution in [-0.4, -0.2) is 72.6 Å². The zero-order valence-corrected chi connectivity index (χ0v) is 25.4. The molecule has 7 aromatic heterocycles. The van der Waals surface area contributed by atoms with E-state index < -0.39 is 5.69 Å². The van der Waals surface area contributed by atoms with Crippen molar-refractivity contribution in [3.05, 3.63) is 106 Å². The number of nitrogens with one attached hydrogen (secondary N) is 3. The van der Waals surface area contributed by atoms with Gasteiger partial charge in [0.2, 0.25) is 5.88 Å². The molecule has 0 spiro atoms. The van der Waals surface area contributed by atoms with Crippen LogP contribution in [0, 0.1) is 0 Å². The number of fused-ring (bicyclic) bond motifs is 2. The van der Waals surface area contributed by atoms with E-state index in [0.29, 0.717) is 34.2 Å². The summed E-state index contributed by atoms with van der Waals surface area (Å²) in [5, 5.41) is 22.6. The molecule has 0 saturated heterocycles. The second-order valence-corrected chi connectivity index (χ2v) is 11.6. The molecule has 15 nitrogen and oxygen atoms in total. The van der Waals surface area contributed by atoms with Gasteiger partial charge in [0.25, 0.3) is 0 Å². The van der Waals surface area contributed by atoms with E-state index in [1.807, 2.05) is 36.4 Å². The number of carbonyl (C=O) groups is 1. The van der Waals surface area contributed by atoms with Crippen molar-refractivity contribution in [1.29, 1.82) is 0 Å². The van der Waals surface area contributed by atoms with Gasteiger partial charge in [0.15, 0.2) is 23.1 Å². The minimum absolute atomic E-state index is 0.229. The monoisotopic (exact) mass is 640 g/mol. The predicted molar refractivity (Wildman–Crippen MR) is 175 cm³/mol. The molecule has 7 aromatic rings. The number of carbonyl (C=O) groups excluding carboxylic acids is 1. The van der Waals surface area contributed by atoms with Gasteiger partial charge < -0.3 is 15.4 Å². The number of aromatic nitrogens is 10. The van der Waals surface area contributed by atoms with E-state index in [4.69, 9.17) is 9.98 Å². The topological polar surface area (TPSA) is 196 Å². The summed E-state index contributed by atoms with van der Waals surface area (Å²) in [5.74, 6) is 0.634. The second kappa shape index (κ2) is 12.0. The van der Waals surface area contributed by atoms with Crippen LogP contribution in [0.25, 0.3) is 39.9 Å². The predicted octanol–water partition coefficient (Wildman–Crippen LogP) is 2.30. The van der Waals surface area contributed by atoms with Crippen LogP contribution in [0.2, 0.25) is 0 Å². The number of hydrogen-bond acceptors (Lipinski definition) is 11. The molecule has 0 amide bonds. The number of aromatic hydroxyl groups is 1. The minimum atomic E-state index is -0.481. The molecule has 0 bridgehead atoms. The van der Waals surface area contributed by atoms with Crippen molar-refractivity contribution in [3.8, 4) is 28.4 Å². The average Bonchev–Trinajstić information content (AvgIpc) is 4.00. The number of nitrogens with zero attached hydrogens (tertiary/aromatic N) is 9. The van der Waals surface area contributed by atoms with Crippen molar-refractivity contribution < 1.29 is 9.90 Å². The van der Waals surface area contributed by atoms with Crippen LogP contribution in [0.4, 0.5) is 5.82 Å². The SMILES string of the molecule is O=Cc1cnn2c(NC3CC3)cc(-c3ccncc3)nc12.O=c1[nH]c(O)c(C=c2cnn3c(=NC4CC4)cc(-c4ccncc4)nc23)[nH]1. The smallest absolute Gasteiger partial charge is 0.326 e. The maximum Gasteiger partial charge on any atom is 0.326 e. The summed E-state index contributed by atoms with van der Waals surface area (Å²) >= 11 is 0. The summed E-state index contributed by atoms with van der Waals surface area (Å²) in [6.07, 6.45) is 17.0. The largest absolute Gasteiger partial charge is 0.493 e. The van der Waals surface area contributed by atoms with Gasteiger partial charge in [-0.25, -0.2) is 14.8 Å². The first kappa shape index (κ1) is 28.9. The number of aldehydes is 1. The highest BCUT2D eigenvalue weighted by Gasteiger charge is 2.23. The highest BCUT2D eigenvalue weighted by atomic mass is 16.3. The molecule has 2 saturated carbocycles. The molecule has 7 heterocycles. The number of anilines is 1. The Kier molecular flexibility index (Phi) is 7.24. The highest BCUT2D eigenvalue weighted by Crippen LogP contribution is 2.28. The molecule has 15 heteroatoms.